The highest BCUT2D eigenvalue weighted by atomic mass is 32.2. The molecule has 3 aliphatic rings. The highest BCUT2D eigenvalue weighted by molar-refractivity contribution is 8.00. The van der Waals surface area contributed by atoms with E-state index in [9.17, 15) is 0 Å². The fourth-order valence-electron chi connectivity index (χ4n) is 18.7. The Morgan fingerprint density at radius 2 is 0.319 bits per heavy atom. The number of hydrogen-bond acceptors (Lipinski definition) is 12. The standard InChI is InChI=1S/2C43H27N3S.C37H23N3S/c1-3-13-28(14-4-1)31-19-9-20-32(27-31)42-44-41(30-15-5-2-6-16-30)45-43(46-42)37-25-12-24-36-35-23-11-18-29-17-10-22-34(39(29)35)33-21-7-8-26-38(33)47-40(36)37;1-3-12-30(13-4-1)41-44-42(31-14-5-2-6-15-31)46-43(45-41)32-26-24-28(25-27-32)33-19-11-22-37-36-21-10-17-29-16-9-20-35(39(29)36)34-18-7-8-23-38(34)47-40(33)37;1-3-12-25(13-4-1)35-38-36(26-14-5-2-6-15-26)40-37(39-35)31-22-11-21-30-29-20-10-17-24-16-9-19-28(33(24)29)27-18-7-8-23-32(27)41-34(30)31/h2*1-27H;1-23H. The summed E-state index contributed by atoms with van der Waals surface area (Å²) in [6.45, 7) is 0. The van der Waals surface area contributed by atoms with Crippen LogP contribution in [0.4, 0.5) is 0 Å². The molecule has 0 saturated heterocycles. The Balaban J connectivity index is 0.000000111. The molecule has 0 bridgehead atoms. The van der Waals surface area contributed by atoms with Crippen LogP contribution < -0.4 is 0 Å². The van der Waals surface area contributed by atoms with Crippen LogP contribution in [0.2, 0.25) is 0 Å². The van der Waals surface area contributed by atoms with Gasteiger partial charge in [-0.1, -0.05) is 466 Å². The van der Waals surface area contributed by atoms with Crippen LogP contribution in [-0.2, 0) is 0 Å². The molecule has 0 aliphatic carbocycles. The first-order valence-corrected chi connectivity index (χ1v) is 47.5. The van der Waals surface area contributed by atoms with E-state index in [1.165, 1.54) is 124 Å². The Labute approximate surface area is 794 Å². The second-order valence-electron chi connectivity index (χ2n) is 33.2. The molecule has 0 N–H and O–H groups in total. The van der Waals surface area contributed by atoms with Gasteiger partial charge in [-0.3, -0.25) is 0 Å². The molecule has 0 amide bonds. The predicted octanol–water partition coefficient (Wildman–Crippen LogP) is 32.8. The van der Waals surface area contributed by atoms with Gasteiger partial charge in [0, 0.05) is 79.4 Å². The number of benzene rings is 20. The molecular formula is C123H77N9S3. The van der Waals surface area contributed by atoms with E-state index in [-0.39, 0.29) is 0 Å². The van der Waals surface area contributed by atoms with E-state index < -0.39 is 0 Å². The van der Waals surface area contributed by atoms with E-state index in [1.54, 1.807) is 23.5 Å². The molecule has 6 heterocycles. The minimum atomic E-state index is 0.646. The van der Waals surface area contributed by atoms with E-state index in [2.05, 4.69) is 322 Å². The lowest BCUT2D eigenvalue weighted by molar-refractivity contribution is 1.07. The monoisotopic (exact) mass is 1780 g/mol. The number of hydrogen-bond donors (Lipinski definition) is 0. The van der Waals surface area contributed by atoms with Crippen LogP contribution in [0.25, 0.3) is 224 Å². The van der Waals surface area contributed by atoms with Crippen LogP contribution in [0.1, 0.15) is 0 Å². The summed E-state index contributed by atoms with van der Waals surface area (Å²) in [5, 5.41) is 7.55. The molecule has 0 spiro atoms. The molecule has 0 unspecified atom stereocenters. The maximum atomic E-state index is 5.21. The van der Waals surface area contributed by atoms with Gasteiger partial charge in [-0.05, 0) is 158 Å². The quantitative estimate of drug-likeness (QED) is 0.123. The number of fused-ring (bicyclic) bond motifs is 12. The fraction of sp³-hybridized carbons (Fsp3) is 0. The Hall–Kier alpha value is -16.7. The van der Waals surface area contributed by atoms with Crippen molar-refractivity contribution in [1.29, 1.82) is 0 Å². The van der Waals surface area contributed by atoms with E-state index >= 15 is 0 Å². The molecule has 0 fully saturated rings. The highest BCUT2D eigenvalue weighted by Gasteiger charge is 2.29. The van der Waals surface area contributed by atoms with Gasteiger partial charge in [-0.15, -0.1) is 0 Å². The maximum Gasteiger partial charge on any atom is 0.165 e. The van der Waals surface area contributed by atoms with Gasteiger partial charge in [0.05, 0.1) is 0 Å². The van der Waals surface area contributed by atoms with Crippen LogP contribution >= 0.6 is 35.3 Å². The normalized spacial score (nSPS) is 11.8. The SMILES string of the molecule is c1ccc(-c2cccc(-c3nc(-c4ccccc4)nc(-c4cccc5c4Sc4ccccc4-c4cccc6cccc-5c46)n3)c2)cc1.c1ccc(-c2nc(-c3ccccc3)nc(-c3ccc(-c4cccc5c4Sc4ccccc4-c4cccc6cccc-5c46)cc3)n2)cc1.c1ccc(-c2nc(-c3ccccc3)nc(-c3cccc4c3Sc3ccccc3-c3cccc5cccc-4c35)n2)cc1. The third kappa shape index (κ3) is 15.8. The zero-order valence-electron chi connectivity index (χ0n) is 72.7. The van der Waals surface area contributed by atoms with Gasteiger partial charge in [-0.25, -0.2) is 44.9 Å². The molecule has 20 aromatic carbocycles. The molecule has 0 radical (unpaired) electrons. The Morgan fingerprint density at radius 3 is 0.644 bits per heavy atom. The molecule has 632 valence electrons. The molecule has 0 atom stereocenters. The molecule has 23 aromatic rings. The van der Waals surface area contributed by atoms with E-state index in [0.717, 1.165) is 76.6 Å². The van der Waals surface area contributed by atoms with Gasteiger partial charge in [0.2, 0.25) is 0 Å². The number of nitrogens with zero attached hydrogens (tertiary/aromatic N) is 9. The van der Waals surface area contributed by atoms with Crippen molar-refractivity contribution in [2.45, 2.75) is 29.4 Å². The third-order valence-electron chi connectivity index (χ3n) is 25.0. The Kier molecular flexibility index (Phi) is 21.6. The van der Waals surface area contributed by atoms with Gasteiger partial charge in [0.25, 0.3) is 0 Å². The molecule has 3 aromatic heterocycles. The summed E-state index contributed by atoms with van der Waals surface area (Å²) in [6.07, 6.45) is 0. The topological polar surface area (TPSA) is 116 Å². The largest absolute Gasteiger partial charge is 0.208 e. The van der Waals surface area contributed by atoms with Crippen molar-refractivity contribution in [2.24, 2.45) is 0 Å². The molecule has 9 nitrogen and oxygen atoms in total. The summed E-state index contributed by atoms with van der Waals surface area (Å²) in [6, 6.07) is 164. The van der Waals surface area contributed by atoms with Gasteiger partial charge in [0.1, 0.15) is 0 Å². The molecule has 12 heteroatoms. The minimum Gasteiger partial charge on any atom is -0.208 e. The summed E-state index contributed by atoms with van der Waals surface area (Å²) in [5.41, 5.74) is 28.1. The van der Waals surface area contributed by atoms with Gasteiger partial charge < -0.3 is 0 Å². The molecule has 3 aliphatic heterocycles. The second-order valence-corrected chi connectivity index (χ2v) is 36.4. The molecule has 0 saturated carbocycles. The molecule has 26 rings (SSSR count). The van der Waals surface area contributed by atoms with Crippen LogP contribution in [0.5, 0.6) is 0 Å². The van der Waals surface area contributed by atoms with Crippen molar-refractivity contribution >= 4 is 67.6 Å². The van der Waals surface area contributed by atoms with Crippen LogP contribution in [0, 0.1) is 0 Å². The van der Waals surface area contributed by atoms with Crippen LogP contribution in [0.3, 0.4) is 0 Å². The predicted molar refractivity (Wildman–Crippen MR) is 557 cm³/mol. The number of aromatic nitrogens is 9. The average Bonchev–Trinajstić information content (AvgIpc) is 0.744. The highest BCUT2D eigenvalue weighted by Crippen LogP contribution is 2.55. The third-order valence-corrected chi connectivity index (χ3v) is 28.7. The van der Waals surface area contributed by atoms with E-state index in [1.807, 2.05) is 157 Å². The Morgan fingerprint density at radius 1 is 0.119 bits per heavy atom. The van der Waals surface area contributed by atoms with E-state index in [0.29, 0.717) is 52.4 Å². The summed E-state index contributed by atoms with van der Waals surface area (Å²) in [4.78, 5) is 52.4. The summed E-state index contributed by atoms with van der Waals surface area (Å²) in [7, 11) is 0. The zero-order chi connectivity index (χ0) is 89.5. The van der Waals surface area contributed by atoms with Crippen LogP contribution in [0.15, 0.2) is 496 Å². The average molecular weight is 1780 g/mol. The van der Waals surface area contributed by atoms with Crippen molar-refractivity contribution in [3.63, 3.8) is 0 Å². The Bertz CT molecular complexity index is 8370. The first-order chi connectivity index (χ1) is 66.9. The smallest absolute Gasteiger partial charge is 0.165 e. The summed E-state index contributed by atoms with van der Waals surface area (Å²) >= 11 is 5.43. The van der Waals surface area contributed by atoms with Crippen LogP contribution in [-0.4, -0.2) is 44.9 Å². The van der Waals surface area contributed by atoms with Gasteiger partial charge >= 0.3 is 0 Å². The van der Waals surface area contributed by atoms with Crippen molar-refractivity contribution < 1.29 is 0 Å². The maximum absolute atomic E-state index is 5.21. The second kappa shape index (κ2) is 35.9. The minimum absolute atomic E-state index is 0.646. The summed E-state index contributed by atoms with van der Waals surface area (Å²) < 4.78 is 0. The zero-order valence-corrected chi connectivity index (χ0v) is 75.2. The fourth-order valence-corrected chi connectivity index (χ4v) is 22.3. The molecule has 135 heavy (non-hydrogen) atoms. The van der Waals surface area contributed by atoms with E-state index in [4.69, 9.17) is 44.9 Å². The first-order valence-electron chi connectivity index (χ1n) is 45.0. The summed E-state index contributed by atoms with van der Waals surface area (Å²) in [5.74, 6) is 5.91. The van der Waals surface area contributed by atoms with Crippen molar-refractivity contribution in [3.8, 4) is 192 Å². The number of rotatable bonds is 11. The molecular weight excluding hydrogens is 1700 g/mol. The van der Waals surface area contributed by atoms with Crippen molar-refractivity contribution in [2.75, 3.05) is 0 Å². The van der Waals surface area contributed by atoms with Gasteiger partial charge in [0.15, 0.2) is 52.4 Å². The van der Waals surface area contributed by atoms with Crippen molar-refractivity contribution in [1.82, 2.24) is 44.9 Å². The lowest BCUT2D eigenvalue weighted by Crippen LogP contribution is -2.02. The van der Waals surface area contributed by atoms with Crippen molar-refractivity contribution in [3.05, 3.63) is 467 Å². The lowest BCUT2D eigenvalue weighted by Gasteiger charge is -2.22. The first kappa shape index (κ1) is 81.5. The lowest BCUT2D eigenvalue weighted by atomic mass is 9.90. The van der Waals surface area contributed by atoms with Gasteiger partial charge in [-0.2, -0.15) is 0 Å².